The number of hydrogen-bond donors (Lipinski definition) is 0. The molecule has 0 fully saturated rings. The summed E-state index contributed by atoms with van der Waals surface area (Å²) in [4.78, 5) is 27.0. The Morgan fingerprint density at radius 1 is 1.36 bits per heavy atom. The van der Waals surface area contributed by atoms with E-state index in [2.05, 4.69) is 11.6 Å². The third kappa shape index (κ3) is 3.24. The van der Waals surface area contributed by atoms with E-state index in [1.54, 1.807) is 22.8 Å². The van der Waals surface area contributed by atoms with E-state index >= 15 is 0 Å². The van der Waals surface area contributed by atoms with Crippen molar-refractivity contribution >= 4 is 33.1 Å². The molecular formula is C17H12FN3O3S. The molecule has 126 valence electrons. The first-order chi connectivity index (χ1) is 12.0. The van der Waals surface area contributed by atoms with Gasteiger partial charge < -0.3 is 4.57 Å². The van der Waals surface area contributed by atoms with E-state index in [-0.39, 0.29) is 17.8 Å². The number of thiazole rings is 1. The van der Waals surface area contributed by atoms with Gasteiger partial charge in [0.15, 0.2) is 4.80 Å². The molecule has 0 aliphatic rings. The number of fused-ring (bicyclic) bond motifs is 1. The number of aromatic nitrogens is 1. The average molecular weight is 357 g/mol. The van der Waals surface area contributed by atoms with Crippen LogP contribution in [0.5, 0.6) is 0 Å². The summed E-state index contributed by atoms with van der Waals surface area (Å²) in [7, 11) is 0. The van der Waals surface area contributed by atoms with Gasteiger partial charge in [-0.2, -0.15) is 4.99 Å². The molecule has 0 bridgehead atoms. The first kappa shape index (κ1) is 16.7. The Morgan fingerprint density at radius 3 is 2.84 bits per heavy atom. The van der Waals surface area contributed by atoms with Crippen LogP contribution in [0, 0.1) is 15.9 Å². The third-order valence-corrected chi connectivity index (χ3v) is 4.51. The molecule has 0 atom stereocenters. The van der Waals surface area contributed by atoms with Gasteiger partial charge in [-0.25, -0.2) is 4.39 Å². The molecule has 0 N–H and O–H groups in total. The highest BCUT2D eigenvalue weighted by atomic mass is 32.1. The second kappa shape index (κ2) is 6.78. The first-order valence-corrected chi connectivity index (χ1v) is 8.05. The van der Waals surface area contributed by atoms with Gasteiger partial charge in [-0.3, -0.25) is 14.9 Å². The number of rotatable bonds is 4. The maximum atomic E-state index is 14.1. The van der Waals surface area contributed by atoms with Crippen molar-refractivity contribution in [1.82, 2.24) is 4.57 Å². The first-order valence-electron chi connectivity index (χ1n) is 7.23. The fourth-order valence-corrected chi connectivity index (χ4v) is 3.43. The van der Waals surface area contributed by atoms with Gasteiger partial charge in [0, 0.05) is 24.2 Å². The topological polar surface area (TPSA) is 77.5 Å². The lowest BCUT2D eigenvalue weighted by Gasteiger charge is -2.01. The summed E-state index contributed by atoms with van der Waals surface area (Å²) < 4.78 is 16.3. The molecule has 0 saturated heterocycles. The summed E-state index contributed by atoms with van der Waals surface area (Å²) in [5, 5.41) is 10.8. The van der Waals surface area contributed by atoms with Gasteiger partial charge in [0.25, 0.3) is 11.6 Å². The van der Waals surface area contributed by atoms with Crippen molar-refractivity contribution in [1.29, 1.82) is 0 Å². The second-order valence-corrected chi connectivity index (χ2v) is 6.10. The Labute approximate surface area is 145 Å². The van der Waals surface area contributed by atoms with Crippen LogP contribution in [-0.4, -0.2) is 15.4 Å². The lowest BCUT2D eigenvalue weighted by atomic mass is 10.2. The summed E-state index contributed by atoms with van der Waals surface area (Å²) in [5.41, 5.74) is 0.248. The van der Waals surface area contributed by atoms with Crippen LogP contribution < -0.4 is 4.80 Å². The minimum Gasteiger partial charge on any atom is -0.310 e. The normalized spacial score (nSPS) is 11.6. The van der Waals surface area contributed by atoms with Crippen LogP contribution in [0.15, 0.2) is 60.1 Å². The molecule has 3 aromatic rings. The lowest BCUT2D eigenvalue weighted by molar-refractivity contribution is -0.384. The molecule has 0 unspecified atom stereocenters. The van der Waals surface area contributed by atoms with Gasteiger partial charge in [0.1, 0.15) is 5.82 Å². The third-order valence-electron chi connectivity index (χ3n) is 3.46. The van der Waals surface area contributed by atoms with Crippen LogP contribution in [0.4, 0.5) is 10.1 Å². The van der Waals surface area contributed by atoms with E-state index in [1.165, 1.54) is 35.6 Å². The fourth-order valence-electron chi connectivity index (χ4n) is 2.37. The molecule has 2 aromatic carbocycles. The predicted octanol–water partition coefficient (Wildman–Crippen LogP) is 3.68. The van der Waals surface area contributed by atoms with E-state index in [0.717, 1.165) is 6.07 Å². The Bertz CT molecular complexity index is 1070. The molecule has 1 aromatic heterocycles. The lowest BCUT2D eigenvalue weighted by Crippen LogP contribution is -2.16. The highest BCUT2D eigenvalue weighted by molar-refractivity contribution is 7.16. The minimum absolute atomic E-state index is 0.0947. The molecular weight excluding hydrogens is 345 g/mol. The number of amides is 1. The molecule has 1 heterocycles. The van der Waals surface area contributed by atoms with Crippen molar-refractivity contribution in [2.24, 2.45) is 4.99 Å². The van der Waals surface area contributed by atoms with Crippen LogP contribution in [0.1, 0.15) is 10.4 Å². The number of para-hydroxylation sites is 1. The van der Waals surface area contributed by atoms with Crippen LogP contribution in [0.3, 0.4) is 0 Å². The number of hydrogen-bond acceptors (Lipinski definition) is 4. The number of nitro benzene ring substituents is 1. The van der Waals surface area contributed by atoms with E-state index in [9.17, 15) is 19.3 Å². The van der Waals surface area contributed by atoms with Crippen molar-refractivity contribution in [2.45, 2.75) is 6.54 Å². The maximum Gasteiger partial charge on any atom is 0.279 e. The predicted molar refractivity (Wildman–Crippen MR) is 93.0 cm³/mol. The number of carbonyl (C=O) groups excluding carboxylic acids is 1. The number of benzene rings is 2. The van der Waals surface area contributed by atoms with Gasteiger partial charge in [-0.1, -0.05) is 29.5 Å². The van der Waals surface area contributed by atoms with E-state index in [0.29, 0.717) is 15.0 Å². The van der Waals surface area contributed by atoms with Gasteiger partial charge in [-0.15, -0.1) is 6.58 Å². The molecule has 8 heteroatoms. The van der Waals surface area contributed by atoms with Crippen molar-refractivity contribution in [3.8, 4) is 0 Å². The van der Waals surface area contributed by atoms with Gasteiger partial charge in [-0.05, 0) is 18.2 Å². The zero-order chi connectivity index (χ0) is 18.0. The Morgan fingerprint density at radius 2 is 2.12 bits per heavy atom. The van der Waals surface area contributed by atoms with Crippen molar-refractivity contribution < 1.29 is 14.1 Å². The van der Waals surface area contributed by atoms with Crippen molar-refractivity contribution in [3.05, 3.63) is 81.4 Å². The zero-order valence-electron chi connectivity index (χ0n) is 12.9. The summed E-state index contributed by atoms with van der Waals surface area (Å²) in [5.74, 6) is -1.05. The number of allylic oxidation sites excluding steroid dienone is 1. The SMILES string of the molecule is C=CCn1c(=NC(=O)c2cccc([N+](=O)[O-])c2)sc2cccc(F)c21. The maximum absolute atomic E-state index is 14.1. The average Bonchev–Trinajstić information content (AvgIpc) is 2.94. The largest absolute Gasteiger partial charge is 0.310 e. The quantitative estimate of drug-likeness (QED) is 0.406. The molecule has 0 radical (unpaired) electrons. The molecule has 0 saturated carbocycles. The second-order valence-electron chi connectivity index (χ2n) is 5.09. The zero-order valence-corrected chi connectivity index (χ0v) is 13.7. The van der Waals surface area contributed by atoms with Crippen LogP contribution in [0.25, 0.3) is 10.2 Å². The standard InChI is InChI=1S/C17H12FN3O3S/c1-2-9-20-15-13(18)7-4-8-14(15)25-17(20)19-16(22)11-5-3-6-12(10-11)21(23)24/h2-8,10H,1,9H2. The molecule has 25 heavy (non-hydrogen) atoms. The molecule has 0 spiro atoms. The molecule has 6 nitrogen and oxygen atoms in total. The molecule has 3 rings (SSSR count). The van der Waals surface area contributed by atoms with E-state index in [4.69, 9.17) is 0 Å². The number of halogens is 1. The number of carbonyl (C=O) groups is 1. The fraction of sp³-hybridized carbons (Fsp3) is 0.0588. The monoisotopic (exact) mass is 357 g/mol. The van der Waals surface area contributed by atoms with Crippen LogP contribution in [0.2, 0.25) is 0 Å². The Balaban J connectivity index is 2.15. The van der Waals surface area contributed by atoms with Crippen LogP contribution in [-0.2, 0) is 6.54 Å². The van der Waals surface area contributed by atoms with E-state index < -0.39 is 16.6 Å². The summed E-state index contributed by atoms with van der Waals surface area (Å²) in [6, 6.07) is 9.98. The Kier molecular flexibility index (Phi) is 4.53. The number of non-ortho nitro benzene ring substituents is 1. The van der Waals surface area contributed by atoms with Crippen molar-refractivity contribution in [3.63, 3.8) is 0 Å². The van der Waals surface area contributed by atoms with Gasteiger partial charge in [0.05, 0.1) is 15.1 Å². The number of nitro groups is 1. The summed E-state index contributed by atoms with van der Waals surface area (Å²) in [6.45, 7) is 3.92. The van der Waals surface area contributed by atoms with Crippen LogP contribution >= 0.6 is 11.3 Å². The molecule has 0 aliphatic carbocycles. The summed E-state index contributed by atoms with van der Waals surface area (Å²) in [6.07, 6.45) is 1.58. The minimum atomic E-state index is -0.631. The highest BCUT2D eigenvalue weighted by Crippen LogP contribution is 2.21. The van der Waals surface area contributed by atoms with Gasteiger partial charge in [0.2, 0.25) is 0 Å². The Hall–Kier alpha value is -3.13. The summed E-state index contributed by atoms with van der Waals surface area (Å²) >= 11 is 1.17. The van der Waals surface area contributed by atoms with E-state index in [1.807, 2.05) is 0 Å². The molecule has 1 amide bonds. The molecule has 0 aliphatic heterocycles. The highest BCUT2D eigenvalue weighted by Gasteiger charge is 2.13. The smallest absolute Gasteiger partial charge is 0.279 e. The van der Waals surface area contributed by atoms with Gasteiger partial charge >= 0.3 is 0 Å². The number of nitrogens with zero attached hydrogens (tertiary/aromatic N) is 3. The van der Waals surface area contributed by atoms with Crippen molar-refractivity contribution in [2.75, 3.05) is 0 Å².